The van der Waals surface area contributed by atoms with Crippen molar-refractivity contribution in [3.05, 3.63) is 54.1 Å². The molecule has 0 aliphatic rings. The average molecular weight is 555 g/mol. The Kier molecular flexibility index (Phi) is 11.6. The van der Waals surface area contributed by atoms with Gasteiger partial charge in [-0.2, -0.15) is 0 Å². The molecular formula is C36H58O4. The number of rotatable bonds is 15. The van der Waals surface area contributed by atoms with E-state index < -0.39 is 0 Å². The van der Waals surface area contributed by atoms with Gasteiger partial charge in [-0.05, 0) is 88.3 Å². The summed E-state index contributed by atoms with van der Waals surface area (Å²) >= 11 is 0. The van der Waals surface area contributed by atoms with Crippen molar-refractivity contribution in [2.45, 2.75) is 101 Å². The van der Waals surface area contributed by atoms with Crippen LogP contribution in [0, 0.1) is 27.6 Å². The van der Waals surface area contributed by atoms with Gasteiger partial charge in [0.15, 0.2) is 0 Å². The first kappa shape index (κ1) is 34.0. The zero-order valence-electron chi connectivity index (χ0n) is 27.8. The summed E-state index contributed by atoms with van der Waals surface area (Å²) in [6.45, 7) is 27.2. The Bertz CT molecular complexity index is 1010. The van der Waals surface area contributed by atoms with E-state index in [1.54, 1.807) is 14.2 Å². The summed E-state index contributed by atoms with van der Waals surface area (Å²) in [5.41, 5.74) is 1.58. The second-order valence-electron chi connectivity index (χ2n) is 14.8. The van der Waals surface area contributed by atoms with E-state index in [0.717, 1.165) is 30.1 Å². The van der Waals surface area contributed by atoms with Crippen LogP contribution < -0.4 is 14.2 Å². The molecule has 0 saturated heterocycles. The van der Waals surface area contributed by atoms with Gasteiger partial charge in [0, 0.05) is 0 Å². The van der Waals surface area contributed by atoms with Gasteiger partial charge >= 0.3 is 0 Å². The SMILES string of the molecule is COc1ccc(OCCOC(CC(C)(C)C(C)(C)C(CC(C)(C)C)c2ccc(OC)cc2)C(C)(C)C(C)C)cc1. The van der Waals surface area contributed by atoms with Crippen LogP contribution in [-0.2, 0) is 4.74 Å². The summed E-state index contributed by atoms with van der Waals surface area (Å²) in [6, 6.07) is 16.4. The normalized spacial score (nSPS) is 14.7. The van der Waals surface area contributed by atoms with Crippen LogP contribution in [0.4, 0.5) is 0 Å². The molecular weight excluding hydrogens is 496 g/mol. The number of hydrogen-bond acceptors (Lipinski definition) is 4. The van der Waals surface area contributed by atoms with E-state index in [1.165, 1.54) is 5.56 Å². The molecule has 2 aromatic carbocycles. The van der Waals surface area contributed by atoms with Crippen molar-refractivity contribution in [2.24, 2.45) is 27.6 Å². The molecule has 2 aromatic rings. The van der Waals surface area contributed by atoms with Crippen molar-refractivity contribution < 1.29 is 18.9 Å². The largest absolute Gasteiger partial charge is 0.497 e. The molecule has 2 rings (SSSR count). The van der Waals surface area contributed by atoms with Crippen LogP contribution in [-0.4, -0.2) is 33.5 Å². The molecule has 226 valence electrons. The van der Waals surface area contributed by atoms with Gasteiger partial charge in [-0.25, -0.2) is 0 Å². The minimum Gasteiger partial charge on any atom is -0.497 e. The maximum absolute atomic E-state index is 6.72. The van der Waals surface area contributed by atoms with E-state index in [9.17, 15) is 0 Å². The van der Waals surface area contributed by atoms with Crippen LogP contribution >= 0.6 is 0 Å². The van der Waals surface area contributed by atoms with Crippen molar-refractivity contribution in [1.29, 1.82) is 0 Å². The van der Waals surface area contributed by atoms with E-state index >= 15 is 0 Å². The Hall–Kier alpha value is -2.20. The molecule has 40 heavy (non-hydrogen) atoms. The van der Waals surface area contributed by atoms with Gasteiger partial charge in [-0.15, -0.1) is 0 Å². The fourth-order valence-corrected chi connectivity index (χ4v) is 5.37. The molecule has 0 bridgehead atoms. The van der Waals surface area contributed by atoms with Gasteiger partial charge in [-0.3, -0.25) is 0 Å². The third-order valence-corrected chi connectivity index (χ3v) is 9.69. The molecule has 4 heteroatoms. The van der Waals surface area contributed by atoms with Crippen molar-refractivity contribution >= 4 is 0 Å². The third-order valence-electron chi connectivity index (χ3n) is 9.69. The predicted molar refractivity (Wildman–Crippen MR) is 169 cm³/mol. The van der Waals surface area contributed by atoms with E-state index in [-0.39, 0.29) is 27.8 Å². The van der Waals surface area contributed by atoms with Crippen LogP contribution in [0.5, 0.6) is 17.2 Å². The first-order valence-corrected chi connectivity index (χ1v) is 15.0. The lowest BCUT2D eigenvalue weighted by Crippen LogP contribution is -2.46. The molecule has 0 spiro atoms. The smallest absolute Gasteiger partial charge is 0.119 e. The molecule has 4 nitrogen and oxygen atoms in total. The molecule has 0 N–H and O–H groups in total. The molecule has 0 fully saturated rings. The highest BCUT2D eigenvalue weighted by atomic mass is 16.5. The lowest BCUT2D eigenvalue weighted by atomic mass is 9.54. The maximum Gasteiger partial charge on any atom is 0.119 e. The predicted octanol–water partition coefficient (Wildman–Crippen LogP) is 9.81. The minimum atomic E-state index is -0.00346. The van der Waals surface area contributed by atoms with Crippen LogP contribution in [0.1, 0.15) is 100 Å². The Balaban J connectivity index is 2.28. The Labute approximate surface area is 246 Å². The second-order valence-corrected chi connectivity index (χ2v) is 14.8. The number of benzene rings is 2. The van der Waals surface area contributed by atoms with Gasteiger partial charge in [0.2, 0.25) is 0 Å². The van der Waals surface area contributed by atoms with E-state index in [1.807, 2.05) is 24.3 Å². The van der Waals surface area contributed by atoms with Crippen LogP contribution in [0.15, 0.2) is 48.5 Å². The summed E-state index contributed by atoms with van der Waals surface area (Å²) < 4.78 is 23.4. The quantitative estimate of drug-likeness (QED) is 0.205. The summed E-state index contributed by atoms with van der Waals surface area (Å²) in [6.07, 6.45) is 2.15. The minimum absolute atomic E-state index is 0.00311. The average Bonchev–Trinajstić information content (AvgIpc) is 2.88. The fourth-order valence-electron chi connectivity index (χ4n) is 5.37. The number of methoxy groups -OCH3 is 2. The van der Waals surface area contributed by atoms with E-state index in [4.69, 9.17) is 18.9 Å². The lowest BCUT2D eigenvalue weighted by molar-refractivity contribution is -0.0954. The highest BCUT2D eigenvalue weighted by molar-refractivity contribution is 5.32. The van der Waals surface area contributed by atoms with Crippen molar-refractivity contribution in [3.63, 3.8) is 0 Å². The monoisotopic (exact) mass is 554 g/mol. The third kappa shape index (κ3) is 8.90. The highest BCUT2D eigenvalue weighted by Crippen LogP contribution is 2.56. The van der Waals surface area contributed by atoms with Gasteiger partial charge in [0.1, 0.15) is 23.9 Å². The van der Waals surface area contributed by atoms with E-state index in [2.05, 4.69) is 100 Å². The topological polar surface area (TPSA) is 36.9 Å². The van der Waals surface area contributed by atoms with Crippen LogP contribution in [0.2, 0.25) is 0 Å². The molecule has 0 aliphatic carbocycles. The van der Waals surface area contributed by atoms with Gasteiger partial charge in [0.25, 0.3) is 0 Å². The molecule has 0 heterocycles. The Morgan fingerprint density at radius 1 is 0.625 bits per heavy atom. The second kappa shape index (κ2) is 13.6. The summed E-state index contributed by atoms with van der Waals surface area (Å²) in [7, 11) is 3.40. The van der Waals surface area contributed by atoms with Crippen LogP contribution in [0.3, 0.4) is 0 Å². The fraction of sp³-hybridized carbons (Fsp3) is 0.667. The maximum atomic E-state index is 6.72. The van der Waals surface area contributed by atoms with Gasteiger partial charge in [-0.1, -0.05) is 88.3 Å². The Morgan fingerprint density at radius 2 is 1.10 bits per heavy atom. The van der Waals surface area contributed by atoms with Crippen molar-refractivity contribution in [2.75, 3.05) is 27.4 Å². The van der Waals surface area contributed by atoms with E-state index in [0.29, 0.717) is 25.0 Å². The molecule has 2 atom stereocenters. The van der Waals surface area contributed by atoms with Gasteiger partial charge < -0.3 is 18.9 Å². The lowest BCUT2D eigenvalue weighted by Gasteiger charge is -2.52. The molecule has 0 radical (unpaired) electrons. The van der Waals surface area contributed by atoms with Crippen LogP contribution in [0.25, 0.3) is 0 Å². The summed E-state index contributed by atoms with van der Waals surface area (Å²) in [5.74, 6) is 3.42. The molecule has 2 unspecified atom stereocenters. The number of hydrogen-bond donors (Lipinski definition) is 0. The van der Waals surface area contributed by atoms with Crippen molar-refractivity contribution in [3.8, 4) is 17.2 Å². The van der Waals surface area contributed by atoms with Gasteiger partial charge in [0.05, 0.1) is 26.9 Å². The molecule has 0 aliphatic heterocycles. The zero-order chi connectivity index (χ0) is 30.4. The Morgan fingerprint density at radius 3 is 1.55 bits per heavy atom. The zero-order valence-corrected chi connectivity index (χ0v) is 27.8. The first-order valence-electron chi connectivity index (χ1n) is 15.0. The summed E-state index contributed by atoms with van der Waals surface area (Å²) in [5, 5.41) is 0. The molecule has 0 aromatic heterocycles. The standard InChI is InChI=1S/C36H58O4/c1-26(2)35(8,9)32(40-23-22-39-30-20-18-29(38-13)19-21-30)25-34(6,7)36(10,11)31(24-33(3,4)5)27-14-16-28(37-12)17-15-27/h14-21,26,31-32H,22-25H2,1-13H3. The summed E-state index contributed by atoms with van der Waals surface area (Å²) in [4.78, 5) is 0. The first-order chi connectivity index (χ1) is 18.4. The molecule has 0 amide bonds. The highest BCUT2D eigenvalue weighted by Gasteiger charge is 2.48. The van der Waals surface area contributed by atoms with Crippen molar-refractivity contribution in [1.82, 2.24) is 0 Å². The molecule has 0 saturated carbocycles. The number of ether oxygens (including phenoxy) is 4.